The third kappa shape index (κ3) is 6.13. The first-order valence-corrected chi connectivity index (χ1v) is 14.4. The van der Waals surface area contributed by atoms with Crippen molar-refractivity contribution in [3.63, 3.8) is 0 Å². The van der Waals surface area contributed by atoms with Crippen molar-refractivity contribution in [1.82, 2.24) is 19.6 Å². The van der Waals surface area contributed by atoms with Crippen molar-refractivity contribution < 1.29 is 19.1 Å². The molecule has 3 aliphatic rings. The quantitative estimate of drug-likeness (QED) is 0.327. The first-order chi connectivity index (χ1) is 19.2. The van der Waals surface area contributed by atoms with Gasteiger partial charge in [-0.05, 0) is 68.5 Å². The van der Waals surface area contributed by atoms with Gasteiger partial charge in [0, 0.05) is 46.1 Å². The number of hydrogen-bond donors (Lipinski definition) is 0. The van der Waals surface area contributed by atoms with Gasteiger partial charge in [0.05, 0.1) is 25.3 Å². The first-order valence-electron chi connectivity index (χ1n) is 14.4. The van der Waals surface area contributed by atoms with E-state index in [1.807, 2.05) is 52.6 Å². The molecule has 0 aliphatic carbocycles. The highest BCUT2D eigenvalue weighted by Gasteiger charge is 2.55. The van der Waals surface area contributed by atoms with Crippen molar-refractivity contribution >= 4 is 11.9 Å². The van der Waals surface area contributed by atoms with Gasteiger partial charge in [0.15, 0.2) is 0 Å². The van der Waals surface area contributed by atoms with Gasteiger partial charge in [-0.3, -0.25) is 9.69 Å². The Hall–Kier alpha value is -3.10. The molecule has 0 aromatic rings. The highest BCUT2D eigenvalue weighted by molar-refractivity contribution is 5.84. The van der Waals surface area contributed by atoms with Crippen LogP contribution in [0.5, 0.6) is 0 Å². The van der Waals surface area contributed by atoms with Crippen LogP contribution < -0.4 is 0 Å². The van der Waals surface area contributed by atoms with E-state index in [4.69, 9.17) is 9.47 Å². The molecule has 2 atom stereocenters. The molecule has 3 heterocycles. The summed E-state index contributed by atoms with van der Waals surface area (Å²) < 4.78 is 11.0. The van der Waals surface area contributed by atoms with Gasteiger partial charge in [0.25, 0.3) is 0 Å². The monoisotopic (exact) mass is 552 g/mol. The van der Waals surface area contributed by atoms with Gasteiger partial charge in [-0.1, -0.05) is 44.4 Å². The number of likely N-dealkylation sites (tertiary alicyclic amines) is 1. The number of amides is 3. The van der Waals surface area contributed by atoms with Crippen molar-refractivity contribution in [2.24, 2.45) is 5.92 Å². The van der Waals surface area contributed by atoms with E-state index in [0.717, 1.165) is 29.0 Å². The van der Waals surface area contributed by atoms with Crippen LogP contribution in [0.4, 0.5) is 4.79 Å². The van der Waals surface area contributed by atoms with Crippen molar-refractivity contribution in [2.75, 3.05) is 60.2 Å². The number of allylic oxidation sites excluding steroid dienone is 3. The van der Waals surface area contributed by atoms with E-state index in [1.165, 1.54) is 0 Å². The number of urea groups is 1. The Labute approximate surface area is 240 Å². The number of carbonyl (C=O) groups excluding carboxylic acids is 2. The summed E-state index contributed by atoms with van der Waals surface area (Å²) in [5.74, 6) is 0.195. The van der Waals surface area contributed by atoms with Crippen molar-refractivity contribution in [3.8, 4) is 0 Å². The van der Waals surface area contributed by atoms with Crippen molar-refractivity contribution in [2.45, 2.75) is 52.1 Å². The second kappa shape index (κ2) is 14.0. The molecule has 1 unspecified atom stereocenters. The first kappa shape index (κ1) is 31.4. The van der Waals surface area contributed by atoms with Crippen molar-refractivity contribution in [1.29, 1.82) is 0 Å². The molecule has 0 aromatic heterocycles. The minimum atomic E-state index is -0.432. The van der Waals surface area contributed by atoms with Crippen LogP contribution >= 0.6 is 0 Å². The molecule has 2 saturated heterocycles. The van der Waals surface area contributed by atoms with Gasteiger partial charge in [0.2, 0.25) is 5.91 Å². The molecule has 8 nitrogen and oxygen atoms in total. The lowest BCUT2D eigenvalue weighted by Gasteiger charge is -2.45. The molecule has 0 aromatic carbocycles. The topological polar surface area (TPSA) is 65.6 Å². The van der Waals surface area contributed by atoms with E-state index in [9.17, 15) is 9.59 Å². The van der Waals surface area contributed by atoms with Gasteiger partial charge < -0.3 is 24.2 Å². The molecular formula is C32H48N4O4. The van der Waals surface area contributed by atoms with Crippen molar-refractivity contribution in [3.05, 3.63) is 72.2 Å². The van der Waals surface area contributed by atoms with E-state index in [-0.39, 0.29) is 23.9 Å². The van der Waals surface area contributed by atoms with Gasteiger partial charge in [-0.25, -0.2) is 4.79 Å². The standard InChI is InChI=1S/C32H48N4O4/c1-9-13-16-33(11-3)25(6)30(37)34-17-14-32(15-18-34)29-19-24(5)28(23-40-8)27(20-26(10-2)22-39-7)21-35(29)31(38)36(32)12-4/h9-10,13,16,19-20,24-25H,1-2,11-12,14-15,17-18,21-23H2,3-8H3/b16-13-,26-20+/t24-,25?/m0/s1. The summed E-state index contributed by atoms with van der Waals surface area (Å²) >= 11 is 0. The van der Waals surface area contributed by atoms with Crippen LogP contribution in [0.1, 0.15) is 40.5 Å². The minimum Gasteiger partial charge on any atom is -0.380 e. The average molecular weight is 553 g/mol. The molecule has 220 valence electrons. The Balaban J connectivity index is 1.92. The average Bonchev–Trinajstić information content (AvgIpc) is 3.06. The van der Waals surface area contributed by atoms with Crippen LogP contribution in [0, 0.1) is 5.92 Å². The molecule has 3 aliphatic heterocycles. The van der Waals surface area contributed by atoms with Crippen LogP contribution in [0.3, 0.4) is 0 Å². The number of likely N-dealkylation sites (N-methyl/N-ethyl adjacent to an activating group) is 2. The van der Waals surface area contributed by atoms with Gasteiger partial charge in [-0.15, -0.1) is 0 Å². The third-order valence-corrected chi connectivity index (χ3v) is 8.53. The molecule has 2 fully saturated rings. The van der Waals surface area contributed by atoms with Crippen LogP contribution in [0.2, 0.25) is 0 Å². The molecule has 0 saturated carbocycles. The third-order valence-electron chi connectivity index (χ3n) is 8.53. The van der Waals surface area contributed by atoms with Gasteiger partial charge >= 0.3 is 6.03 Å². The lowest BCUT2D eigenvalue weighted by Crippen LogP contribution is -2.56. The predicted molar refractivity (Wildman–Crippen MR) is 161 cm³/mol. The number of methoxy groups -OCH3 is 2. The Kier molecular flexibility index (Phi) is 11.0. The molecule has 0 N–H and O–H groups in total. The second-order valence-corrected chi connectivity index (χ2v) is 10.7. The summed E-state index contributed by atoms with van der Waals surface area (Å²) in [7, 11) is 3.37. The maximum Gasteiger partial charge on any atom is 0.325 e. The summed E-state index contributed by atoms with van der Waals surface area (Å²) in [5.41, 5.74) is 3.79. The predicted octanol–water partition coefficient (Wildman–Crippen LogP) is 4.75. The van der Waals surface area contributed by atoms with Crippen LogP contribution in [-0.2, 0) is 14.3 Å². The molecule has 0 radical (unpaired) electrons. The number of rotatable bonds is 12. The molecule has 3 amide bonds. The Bertz CT molecular complexity index is 1080. The van der Waals surface area contributed by atoms with E-state index >= 15 is 0 Å². The van der Waals surface area contributed by atoms with Crippen LogP contribution in [-0.4, -0.2) is 103 Å². The zero-order valence-corrected chi connectivity index (χ0v) is 25.3. The van der Waals surface area contributed by atoms with Gasteiger partial charge in [-0.2, -0.15) is 0 Å². The van der Waals surface area contributed by atoms with E-state index < -0.39 is 5.54 Å². The largest absolute Gasteiger partial charge is 0.380 e. The number of nitrogens with zero attached hydrogens (tertiary/aromatic N) is 4. The lowest BCUT2D eigenvalue weighted by molar-refractivity contribution is -0.137. The normalized spacial score (nSPS) is 22.0. The summed E-state index contributed by atoms with van der Waals surface area (Å²) in [5, 5.41) is 0. The summed E-state index contributed by atoms with van der Waals surface area (Å²) in [6.45, 7) is 19.9. The number of fused-ring (bicyclic) bond motifs is 2. The number of hydrogen-bond acceptors (Lipinski definition) is 5. The fourth-order valence-corrected chi connectivity index (χ4v) is 6.34. The number of ether oxygens (including phenoxy) is 2. The summed E-state index contributed by atoms with van der Waals surface area (Å²) in [6, 6.07) is -0.241. The zero-order valence-electron chi connectivity index (χ0n) is 25.3. The fraction of sp³-hybridized carbons (Fsp3) is 0.562. The Morgan fingerprint density at radius 3 is 2.48 bits per heavy atom. The van der Waals surface area contributed by atoms with Crippen LogP contribution in [0.15, 0.2) is 72.2 Å². The fourth-order valence-electron chi connectivity index (χ4n) is 6.34. The van der Waals surface area contributed by atoms with Crippen LogP contribution in [0.25, 0.3) is 0 Å². The molecule has 3 rings (SSSR count). The molecule has 1 spiro atoms. The minimum absolute atomic E-state index is 0.0253. The molecule has 0 bridgehead atoms. The molecule has 8 heteroatoms. The number of carbonyl (C=O) groups is 2. The summed E-state index contributed by atoms with van der Waals surface area (Å²) in [4.78, 5) is 35.4. The highest BCUT2D eigenvalue weighted by atomic mass is 16.5. The second-order valence-electron chi connectivity index (χ2n) is 10.7. The Morgan fingerprint density at radius 2 is 1.93 bits per heavy atom. The lowest BCUT2D eigenvalue weighted by atomic mass is 9.82. The maximum atomic E-state index is 13.9. The van der Waals surface area contributed by atoms with Gasteiger partial charge in [0.1, 0.15) is 6.04 Å². The molecular weight excluding hydrogens is 504 g/mol. The zero-order chi connectivity index (χ0) is 29.4. The maximum absolute atomic E-state index is 13.9. The SMILES string of the molecule is C=C/C=C\N(CC)C(C)C(=O)N1CCC2(CC1)C1=C[C@H](C)C(COC)=C(/C=C(\C=C)COC)CN1C(=O)N2CC. The number of piperidine rings is 1. The van der Waals surface area contributed by atoms with E-state index in [1.54, 1.807) is 26.4 Å². The Morgan fingerprint density at radius 1 is 1.23 bits per heavy atom. The summed E-state index contributed by atoms with van der Waals surface area (Å²) in [6.07, 6.45) is 13.1. The van der Waals surface area contributed by atoms with E-state index in [2.05, 4.69) is 32.2 Å². The van der Waals surface area contributed by atoms with E-state index in [0.29, 0.717) is 52.2 Å². The smallest absolute Gasteiger partial charge is 0.325 e. The highest BCUT2D eigenvalue weighted by Crippen LogP contribution is 2.46. The molecule has 40 heavy (non-hydrogen) atoms.